The summed E-state index contributed by atoms with van der Waals surface area (Å²) in [5.41, 5.74) is 2.33. The number of hydrogen-bond acceptors (Lipinski definition) is 1. The summed E-state index contributed by atoms with van der Waals surface area (Å²) < 4.78 is 0. The van der Waals surface area contributed by atoms with Crippen molar-refractivity contribution in [2.45, 2.75) is 32.7 Å². The van der Waals surface area contributed by atoms with Crippen molar-refractivity contribution in [1.29, 1.82) is 0 Å². The highest BCUT2D eigenvalue weighted by atomic mass is 35.5. The predicted octanol–water partition coefficient (Wildman–Crippen LogP) is 3.86. The fourth-order valence-electron chi connectivity index (χ4n) is 1.72. The average Bonchev–Trinajstić information content (AvgIpc) is 2.95. The Morgan fingerprint density at radius 3 is 2.79 bits per heavy atom. The summed E-state index contributed by atoms with van der Waals surface area (Å²) in [5, 5.41) is 4.37. The minimum atomic E-state index is 0.576. The summed E-state index contributed by atoms with van der Waals surface area (Å²) in [7, 11) is 0. The maximum absolute atomic E-state index is 6.05. The molecule has 1 saturated carbocycles. The van der Waals surface area contributed by atoms with E-state index in [1.807, 2.05) is 12.1 Å². The molecule has 0 bridgehead atoms. The zero-order valence-electron chi connectivity index (χ0n) is 8.68. The first-order valence-corrected chi connectivity index (χ1v) is 5.58. The first kappa shape index (κ1) is 9.85. The molecule has 0 amide bonds. The monoisotopic (exact) mass is 209 g/mol. The van der Waals surface area contributed by atoms with Crippen LogP contribution in [0.1, 0.15) is 25.3 Å². The molecule has 1 aromatic carbocycles. The topological polar surface area (TPSA) is 12.0 Å². The summed E-state index contributed by atoms with van der Waals surface area (Å²) in [4.78, 5) is 0. The zero-order valence-corrected chi connectivity index (χ0v) is 9.43. The Labute approximate surface area is 90.5 Å². The van der Waals surface area contributed by atoms with Crippen LogP contribution in [-0.4, -0.2) is 6.04 Å². The van der Waals surface area contributed by atoms with E-state index in [2.05, 4.69) is 25.2 Å². The van der Waals surface area contributed by atoms with E-state index in [1.165, 1.54) is 18.5 Å². The molecule has 1 fully saturated rings. The second-order valence-corrected chi connectivity index (χ2v) is 4.59. The van der Waals surface area contributed by atoms with Crippen LogP contribution < -0.4 is 5.32 Å². The minimum absolute atomic E-state index is 0.576. The lowest BCUT2D eigenvalue weighted by Gasteiger charge is -2.16. The lowest BCUT2D eigenvalue weighted by molar-refractivity contribution is 0.693. The third-order valence-electron chi connectivity index (χ3n) is 2.98. The smallest absolute Gasteiger partial charge is 0.0455 e. The van der Waals surface area contributed by atoms with Crippen LogP contribution in [0, 0.1) is 12.8 Å². The Morgan fingerprint density at radius 1 is 1.43 bits per heavy atom. The zero-order chi connectivity index (χ0) is 10.1. The molecule has 0 heterocycles. The SMILES string of the molecule is Cc1c(Cl)cccc1N[C@@H](C)C1CC1. The molecule has 0 aliphatic heterocycles. The minimum Gasteiger partial charge on any atom is -0.382 e. The Morgan fingerprint density at radius 2 is 2.14 bits per heavy atom. The first-order chi connectivity index (χ1) is 6.68. The Kier molecular flexibility index (Phi) is 2.69. The molecule has 2 rings (SSSR count). The molecule has 0 saturated heterocycles. The van der Waals surface area contributed by atoms with Gasteiger partial charge >= 0.3 is 0 Å². The van der Waals surface area contributed by atoms with Crippen LogP contribution in [-0.2, 0) is 0 Å². The molecule has 14 heavy (non-hydrogen) atoms. The van der Waals surface area contributed by atoms with E-state index in [9.17, 15) is 0 Å². The van der Waals surface area contributed by atoms with Crippen molar-refractivity contribution in [2.75, 3.05) is 5.32 Å². The van der Waals surface area contributed by atoms with Gasteiger partial charge in [-0.1, -0.05) is 17.7 Å². The second-order valence-electron chi connectivity index (χ2n) is 4.18. The van der Waals surface area contributed by atoms with Gasteiger partial charge in [0.05, 0.1) is 0 Å². The van der Waals surface area contributed by atoms with Gasteiger partial charge in [0.2, 0.25) is 0 Å². The van der Waals surface area contributed by atoms with Gasteiger partial charge in [-0.3, -0.25) is 0 Å². The highest BCUT2D eigenvalue weighted by Crippen LogP contribution is 2.35. The van der Waals surface area contributed by atoms with Crippen LogP contribution in [0.4, 0.5) is 5.69 Å². The van der Waals surface area contributed by atoms with Crippen LogP contribution in [0.3, 0.4) is 0 Å². The molecule has 0 aromatic heterocycles. The Balaban J connectivity index is 2.11. The quantitative estimate of drug-likeness (QED) is 0.797. The molecule has 1 aliphatic carbocycles. The molecular formula is C12H16ClN. The lowest BCUT2D eigenvalue weighted by atomic mass is 10.1. The number of halogens is 1. The third kappa shape index (κ3) is 2.03. The van der Waals surface area contributed by atoms with Crippen molar-refractivity contribution in [1.82, 2.24) is 0 Å². The van der Waals surface area contributed by atoms with Crippen molar-refractivity contribution in [3.05, 3.63) is 28.8 Å². The summed E-state index contributed by atoms with van der Waals surface area (Å²) in [6.45, 7) is 4.31. The van der Waals surface area contributed by atoms with Gasteiger partial charge in [0.15, 0.2) is 0 Å². The van der Waals surface area contributed by atoms with Crippen molar-refractivity contribution < 1.29 is 0 Å². The molecular weight excluding hydrogens is 194 g/mol. The molecule has 1 aromatic rings. The van der Waals surface area contributed by atoms with Gasteiger partial charge in [-0.15, -0.1) is 0 Å². The van der Waals surface area contributed by atoms with Crippen molar-refractivity contribution in [3.8, 4) is 0 Å². The summed E-state index contributed by atoms with van der Waals surface area (Å²) in [6, 6.07) is 6.61. The first-order valence-electron chi connectivity index (χ1n) is 5.20. The van der Waals surface area contributed by atoms with Crippen LogP contribution in [0.5, 0.6) is 0 Å². The van der Waals surface area contributed by atoms with E-state index in [4.69, 9.17) is 11.6 Å². The van der Waals surface area contributed by atoms with E-state index >= 15 is 0 Å². The van der Waals surface area contributed by atoms with Gasteiger partial charge in [0.1, 0.15) is 0 Å². The van der Waals surface area contributed by atoms with E-state index in [-0.39, 0.29) is 0 Å². The Hall–Kier alpha value is -0.690. The number of nitrogens with one attached hydrogen (secondary N) is 1. The van der Waals surface area contributed by atoms with E-state index < -0.39 is 0 Å². The van der Waals surface area contributed by atoms with Crippen LogP contribution in [0.15, 0.2) is 18.2 Å². The van der Waals surface area contributed by atoms with Crippen molar-refractivity contribution in [2.24, 2.45) is 5.92 Å². The van der Waals surface area contributed by atoms with Crippen LogP contribution in [0.25, 0.3) is 0 Å². The average molecular weight is 210 g/mol. The van der Waals surface area contributed by atoms with E-state index in [0.29, 0.717) is 6.04 Å². The predicted molar refractivity (Wildman–Crippen MR) is 62.0 cm³/mol. The van der Waals surface area contributed by atoms with Crippen LogP contribution >= 0.6 is 11.6 Å². The van der Waals surface area contributed by atoms with Gasteiger partial charge in [-0.25, -0.2) is 0 Å². The standard InChI is InChI=1S/C12H16ClN/c1-8-11(13)4-3-5-12(8)14-9(2)10-6-7-10/h3-5,9-10,14H,6-7H2,1-2H3/t9-/m0/s1. The molecule has 1 atom stereocenters. The molecule has 0 radical (unpaired) electrons. The third-order valence-corrected chi connectivity index (χ3v) is 3.39. The fourth-order valence-corrected chi connectivity index (χ4v) is 1.90. The van der Waals surface area contributed by atoms with Gasteiger partial charge in [-0.05, 0) is 50.3 Å². The van der Waals surface area contributed by atoms with E-state index in [0.717, 1.165) is 16.5 Å². The number of anilines is 1. The maximum Gasteiger partial charge on any atom is 0.0455 e. The normalized spacial score (nSPS) is 17.9. The second kappa shape index (κ2) is 3.82. The molecule has 2 heteroatoms. The summed E-state index contributed by atoms with van der Waals surface area (Å²) in [5.74, 6) is 0.869. The maximum atomic E-state index is 6.05. The Bertz CT molecular complexity index is 331. The molecule has 1 nitrogen and oxygen atoms in total. The molecule has 1 N–H and O–H groups in total. The molecule has 0 unspecified atom stereocenters. The van der Waals surface area contributed by atoms with Gasteiger partial charge in [-0.2, -0.15) is 0 Å². The number of hydrogen-bond donors (Lipinski definition) is 1. The van der Waals surface area contributed by atoms with Crippen LogP contribution in [0.2, 0.25) is 5.02 Å². The highest BCUT2D eigenvalue weighted by Gasteiger charge is 2.27. The van der Waals surface area contributed by atoms with Gasteiger partial charge in [0.25, 0.3) is 0 Å². The summed E-state index contributed by atoms with van der Waals surface area (Å²) >= 11 is 6.05. The molecule has 0 spiro atoms. The highest BCUT2D eigenvalue weighted by molar-refractivity contribution is 6.31. The molecule has 76 valence electrons. The fraction of sp³-hybridized carbons (Fsp3) is 0.500. The number of benzene rings is 1. The van der Waals surface area contributed by atoms with E-state index in [1.54, 1.807) is 0 Å². The van der Waals surface area contributed by atoms with Gasteiger partial charge in [0, 0.05) is 16.8 Å². The molecule has 1 aliphatic rings. The number of rotatable bonds is 3. The largest absolute Gasteiger partial charge is 0.382 e. The van der Waals surface area contributed by atoms with Crippen molar-refractivity contribution in [3.63, 3.8) is 0 Å². The summed E-state index contributed by atoms with van der Waals surface area (Å²) in [6.07, 6.45) is 2.74. The lowest BCUT2D eigenvalue weighted by Crippen LogP contribution is -2.17. The van der Waals surface area contributed by atoms with Gasteiger partial charge < -0.3 is 5.32 Å². The van der Waals surface area contributed by atoms with Crippen molar-refractivity contribution >= 4 is 17.3 Å².